The lowest BCUT2D eigenvalue weighted by Gasteiger charge is -2.24. The molecule has 4 nitrogen and oxygen atoms in total. The van der Waals surface area contributed by atoms with E-state index in [-0.39, 0.29) is 11.4 Å². The maximum Gasteiger partial charge on any atom is 0.389 e. The van der Waals surface area contributed by atoms with Gasteiger partial charge < -0.3 is 5.73 Å². The highest BCUT2D eigenvalue weighted by atomic mass is 32.2. The summed E-state index contributed by atoms with van der Waals surface area (Å²) in [6.45, 7) is 1.60. The average molecular weight is 306 g/mol. The summed E-state index contributed by atoms with van der Waals surface area (Å²) in [7, 11) is -2.40. The van der Waals surface area contributed by atoms with Crippen LogP contribution >= 0.6 is 12.2 Å². The summed E-state index contributed by atoms with van der Waals surface area (Å²) >= 11 is 4.66. The summed E-state index contributed by atoms with van der Waals surface area (Å²) in [6.07, 6.45) is -5.69. The lowest BCUT2D eigenvalue weighted by Crippen LogP contribution is -2.38. The van der Waals surface area contributed by atoms with Crippen LogP contribution in [-0.4, -0.2) is 42.7 Å². The van der Waals surface area contributed by atoms with Gasteiger partial charge in [-0.1, -0.05) is 12.2 Å². The molecule has 1 unspecified atom stereocenters. The largest absolute Gasteiger partial charge is 0.393 e. The van der Waals surface area contributed by atoms with E-state index in [0.29, 0.717) is 0 Å². The number of hydrogen-bond acceptors (Lipinski definition) is 3. The Kier molecular flexibility index (Phi) is 6.52. The lowest BCUT2D eigenvalue weighted by molar-refractivity contribution is -0.134. The van der Waals surface area contributed by atoms with Gasteiger partial charge in [-0.3, -0.25) is 0 Å². The number of sulfonamides is 1. The molecule has 0 fully saturated rings. The summed E-state index contributed by atoms with van der Waals surface area (Å²) < 4.78 is 60.2. The Bertz CT molecular complexity index is 382. The second-order valence-electron chi connectivity index (χ2n) is 4.07. The monoisotopic (exact) mass is 306 g/mol. The molecular formula is C9H17F3N2O2S2. The maximum atomic E-state index is 11.9. The van der Waals surface area contributed by atoms with Crippen molar-refractivity contribution in [3.63, 3.8) is 0 Å². The van der Waals surface area contributed by atoms with Gasteiger partial charge in [0.05, 0.1) is 10.7 Å². The van der Waals surface area contributed by atoms with Gasteiger partial charge >= 0.3 is 6.18 Å². The van der Waals surface area contributed by atoms with Gasteiger partial charge in [0.2, 0.25) is 10.0 Å². The van der Waals surface area contributed by atoms with E-state index in [4.69, 9.17) is 5.73 Å². The van der Waals surface area contributed by atoms with E-state index in [0.717, 1.165) is 4.31 Å². The summed E-state index contributed by atoms with van der Waals surface area (Å²) in [5.74, 6) is -0.537. The van der Waals surface area contributed by atoms with Gasteiger partial charge in [-0.25, -0.2) is 12.7 Å². The second-order valence-corrected chi connectivity index (χ2v) is 6.74. The first kappa shape index (κ1) is 17.6. The first-order valence-electron chi connectivity index (χ1n) is 5.26. The minimum Gasteiger partial charge on any atom is -0.393 e. The number of rotatable bonds is 7. The van der Waals surface area contributed by atoms with Gasteiger partial charge in [-0.05, 0) is 13.3 Å². The van der Waals surface area contributed by atoms with Gasteiger partial charge in [-0.2, -0.15) is 13.2 Å². The number of thiocarbonyl (C=S) groups is 1. The fraction of sp³-hybridized carbons (Fsp3) is 0.889. The molecule has 0 aromatic heterocycles. The highest BCUT2D eigenvalue weighted by Gasteiger charge is 2.29. The summed E-state index contributed by atoms with van der Waals surface area (Å²) in [6, 6.07) is -0.460. The van der Waals surface area contributed by atoms with Crippen LogP contribution in [0, 0.1) is 0 Å². The van der Waals surface area contributed by atoms with E-state index >= 15 is 0 Å². The minimum atomic E-state index is -4.33. The molecule has 9 heteroatoms. The molecule has 18 heavy (non-hydrogen) atoms. The maximum absolute atomic E-state index is 11.9. The molecule has 0 saturated carbocycles. The Morgan fingerprint density at radius 2 is 1.94 bits per heavy atom. The van der Waals surface area contributed by atoms with Crippen molar-refractivity contribution in [2.24, 2.45) is 5.73 Å². The Balaban J connectivity index is 4.40. The molecule has 0 aliphatic rings. The zero-order valence-electron chi connectivity index (χ0n) is 10.2. The van der Waals surface area contributed by atoms with Crippen molar-refractivity contribution in [2.75, 3.05) is 12.8 Å². The second kappa shape index (κ2) is 6.67. The predicted octanol–water partition coefficient (Wildman–Crippen LogP) is 1.66. The molecule has 0 rings (SSSR count). The van der Waals surface area contributed by atoms with Crippen molar-refractivity contribution >= 4 is 27.2 Å². The summed E-state index contributed by atoms with van der Waals surface area (Å²) in [5, 5.41) is 0. The highest BCUT2D eigenvalue weighted by Crippen LogP contribution is 2.22. The van der Waals surface area contributed by atoms with Gasteiger partial charge in [0.15, 0.2) is 0 Å². The molecule has 0 saturated heterocycles. The molecule has 0 aliphatic carbocycles. The minimum absolute atomic E-state index is 0.167. The van der Waals surface area contributed by atoms with Crippen LogP contribution in [0.4, 0.5) is 13.2 Å². The Labute approximate surface area is 110 Å². The van der Waals surface area contributed by atoms with Gasteiger partial charge in [0.25, 0.3) is 0 Å². The first-order valence-corrected chi connectivity index (χ1v) is 7.28. The van der Waals surface area contributed by atoms with Crippen molar-refractivity contribution in [2.45, 2.75) is 38.4 Å². The zero-order valence-corrected chi connectivity index (χ0v) is 11.8. The van der Waals surface area contributed by atoms with Crippen LogP contribution in [0.1, 0.15) is 26.2 Å². The van der Waals surface area contributed by atoms with Crippen molar-refractivity contribution < 1.29 is 21.6 Å². The molecule has 0 spiro atoms. The van der Waals surface area contributed by atoms with E-state index < -0.39 is 40.8 Å². The van der Waals surface area contributed by atoms with Crippen LogP contribution in [0.2, 0.25) is 0 Å². The number of alkyl halides is 3. The number of hydrogen-bond donors (Lipinski definition) is 1. The molecule has 0 aliphatic heterocycles. The van der Waals surface area contributed by atoms with Crippen LogP contribution in [-0.2, 0) is 10.0 Å². The number of halogens is 3. The molecular weight excluding hydrogens is 289 g/mol. The Morgan fingerprint density at radius 3 is 2.33 bits per heavy atom. The van der Waals surface area contributed by atoms with Crippen molar-refractivity contribution in [3.8, 4) is 0 Å². The molecule has 0 aromatic carbocycles. The molecule has 2 N–H and O–H groups in total. The molecule has 0 bridgehead atoms. The normalized spacial score (nSPS) is 14.8. The predicted molar refractivity (Wildman–Crippen MR) is 67.7 cm³/mol. The fourth-order valence-electron chi connectivity index (χ4n) is 1.29. The van der Waals surface area contributed by atoms with Gasteiger partial charge in [-0.15, -0.1) is 0 Å². The molecule has 0 aromatic rings. The van der Waals surface area contributed by atoms with Crippen molar-refractivity contribution in [1.82, 2.24) is 4.31 Å². The quantitative estimate of drug-likeness (QED) is 0.727. The van der Waals surface area contributed by atoms with Gasteiger partial charge in [0, 0.05) is 25.9 Å². The van der Waals surface area contributed by atoms with E-state index in [9.17, 15) is 21.6 Å². The summed E-state index contributed by atoms with van der Waals surface area (Å²) in [5.41, 5.74) is 5.29. The smallest absolute Gasteiger partial charge is 0.389 e. The molecule has 1 atom stereocenters. The Morgan fingerprint density at radius 1 is 1.44 bits per heavy atom. The third-order valence-electron chi connectivity index (χ3n) is 2.42. The van der Waals surface area contributed by atoms with E-state index in [1.54, 1.807) is 6.92 Å². The van der Waals surface area contributed by atoms with Crippen LogP contribution in [0.15, 0.2) is 0 Å². The average Bonchev–Trinajstić information content (AvgIpc) is 2.12. The first-order chi connectivity index (χ1) is 7.96. The van der Waals surface area contributed by atoms with Crippen molar-refractivity contribution in [1.29, 1.82) is 0 Å². The van der Waals surface area contributed by atoms with Crippen molar-refractivity contribution in [3.05, 3.63) is 0 Å². The van der Waals surface area contributed by atoms with E-state index in [1.165, 1.54) is 7.05 Å². The van der Waals surface area contributed by atoms with E-state index in [1.807, 2.05) is 0 Å². The van der Waals surface area contributed by atoms with E-state index in [2.05, 4.69) is 12.2 Å². The van der Waals surface area contributed by atoms with Crippen LogP contribution in [0.3, 0.4) is 0 Å². The van der Waals surface area contributed by atoms with Crippen LogP contribution in [0.25, 0.3) is 0 Å². The summed E-state index contributed by atoms with van der Waals surface area (Å²) in [4.78, 5) is 0.167. The standard InChI is InChI=1S/C9H17F3N2O2S2/c1-7(6-8(13)17)14(2)18(15,16)5-3-4-9(10,11)12/h7H,3-6H2,1-2H3,(H2,13,17). The van der Waals surface area contributed by atoms with Crippen LogP contribution in [0.5, 0.6) is 0 Å². The zero-order chi connectivity index (χ0) is 14.6. The number of nitrogens with two attached hydrogens (primary N) is 1. The fourth-order valence-corrected chi connectivity index (χ4v) is 2.95. The SMILES string of the molecule is CC(CC(N)=S)N(C)S(=O)(=O)CCCC(F)(F)F. The number of nitrogens with zero attached hydrogens (tertiary/aromatic N) is 1. The Hall–Kier alpha value is -0.410. The van der Waals surface area contributed by atoms with Crippen LogP contribution < -0.4 is 5.73 Å². The third-order valence-corrected chi connectivity index (χ3v) is 4.63. The lowest BCUT2D eigenvalue weighted by atomic mass is 10.2. The molecule has 0 amide bonds. The third kappa shape index (κ3) is 7.12. The highest BCUT2D eigenvalue weighted by molar-refractivity contribution is 7.89. The molecule has 0 radical (unpaired) electrons. The van der Waals surface area contributed by atoms with Gasteiger partial charge in [0.1, 0.15) is 0 Å². The molecule has 108 valence electrons. The molecule has 0 heterocycles. The topological polar surface area (TPSA) is 63.4 Å².